The number of aromatic nitrogens is 4. The van der Waals surface area contributed by atoms with Crippen LogP contribution in [0.4, 0.5) is 13.2 Å². The molecule has 0 saturated heterocycles. The Balaban J connectivity index is 0.00000243. The molecular formula is C14H13ClF3N5OS2. The number of aryl methyl sites for hydroxylation is 1. The third kappa shape index (κ3) is 4.34. The first kappa shape index (κ1) is 20.6. The van der Waals surface area contributed by atoms with E-state index >= 15 is 0 Å². The van der Waals surface area contributed by atoms with Crippen molar-refractivity contribution in [1.29, 1.82) is 0 Å². The molecule has 6 nitrogen and oxygen atoms in total. The van der Waals surface area contributed by atoms with Crippen molar-refractivity contribution in [1.82, 2.24) is 19.7 Å². The number of thioether (sulfide) groups is 1. The van der Waals surface area contributed by atoms with Gasteiger partial charge in [-0.25, -0.2) is 9.97 Å². The quantitative estimate of drug-likeness (QED) is 0.385. The van der Waals surface area contributed by atoms with Gasteiger partial charge in [-0.3, -0.25) is 9.48 Å². The Morgan fingerprint density at radius 2 is 2.08 bits per heavy atom. The second-order valence-electron chi connectivity index (χ2n) is 5.07. The third-order valence-electron chi connectivity index (χ3n) is 3.19. The van der Waals surface area contributed by atoms with E-state index < -0.39 is 12.0 Å². The van der Waals surface area contributed by atoms with Crippen LogP contribution in [-0.2, 0) is 19.8 Å². The Morgan fingerprint density at radius 1 is 1.35 bits per heavy atom. The summed E-state index contributed by atoms with van der Waals surface area (Å²) in [7, 11) is 1.58. The zero-order valence-corrected chi connectivity index (χ0v) is 15.7. The lowest BCUT2D eigenvalue weighted by atomic mass is 10.3. The van der Waals surface area contributed by atoms with Crippen molar-refractivity contribution >= 4 is 52.3 Å². The number of hydrogen-bond donors (Lipinski definition) is 1. The summed E-state index contributed by atoms with van der Waals surface area (Å²) in [6.07, 6.45) is -3.16. The molecule has 0 bridgehead atoms. The van der Waals surface area contributed by atoms with Crippen LogP contribution in [0.2, 0.25) is 0 Å². The molecule has 12 heteroatoms. The maximum atomic E-state index is 13.0. The number of thiophene rings is 1. The molecule has 0 spiro atoms. The molecule has 2 N–H and O–H groups in total. The van der Waals surface area contributed by atoms with Gasteiger partial charge >= 0.3 is 6.18 Å². The van der Waals surface area contributed by atoms with Gasteiger partial charge in [0, 0.05) is 24.7 Å². The SMILES string of the molecule is Cl.Cn1cc2c(SCC(=O)c3ccc(CN)s3)nc(C(F)(F)F)nc2n1. The predicted molar refractivity (Wildman–Crippen MR) is 95.8 cm³/mol. The molecule has 3 aromatic rings. The Bertz CT molecular complexity index is 940. The van der Waals surface area contributed by atoms with Gasteiger partial charge in [0.05, 0.1) is 16.0 Å². The highest BCUT2D eigenvalue weighted by atomic mass is 35.5. The monoisotopic (exact) mass is 423 g/mol. The summed E-state index contributed by atoms with van der Waals surface area (Å²) in [6, 6.07) is 3.42. The van der Waals surface area contributed by atoms with Crippen LogP contribution < -0.4 is 5.73 Å². The van der Waals surface area contributed by atoms with Crippen molar-refractivity contribution in [2.24, 2.45) is 12.8 Å². The molecule has 0 aliphatic carbocycles. The molecule has 0 fully saturated rings. The van der Waals surface area contributed by atoms with Gasteiger partial charge < -0.3 is 5.73 Å². The molecule has 0 atom stereocenters. The number of halogens is 4. The van der Waals surface area contributed by atoms with E-state index in [0.717, 1.165) is 16.6 Å². The maximum absolute atomic E-state index is 13.0. The number of carbonyl (C=O) groups is 1. The zero-order valence-electron chi connectivity index (χ0n) is 13.3. The topological polar surface area (TPSA) is 86.7 Å². The summed E-state index contributed by atoms with van der Waals surface area (Å²) >= 11 is 2.21. The summed E-state index contributed by atoms with van der Waals surface area (Å²) in [5, 5.41) is 4.36. The smallest absolute Gasteiger partial charge is 0.326 e. The summed E-state index contributed by atoms with van der Waals surface area (Å²) in [5.74, 6) is -1.50. The third-order valence-corrected chi connectivity index (χ3v) is 5.33. The maximum Gasteiger partial charge on any atom is 0.451 e. The summed E-state index contributed by atoms with van der Waals surface area (Å²) in [5.41, 5.74) is 5.46. The lowest BCUT2D eigenvalue weighted by Gasteiger charge is -2.07. The van der Waals surface area contributed by atoms with Gasteiger partial charge in [-0.2, -0.15) is 18.3 Å². The van der Waals surface area contributed by atoms with Gasteiger partial charge in [0.15, 0.2) is 11.4 Å². The lowest BCUT2D eigenvalue weighted by molar-refractivity contribution is -0.145. The molecule has 140 valence electrons. The Hall–Kier alpha value is -1.69. The van der Waals surface area contributed by atoms with Gasteiger partial charge in [0.1, 0.15) is 5.03 Å². The number of nitrogens with zero attached hydrogens (tertiary/aromatic N) is 4. The van der Waals surface area contributed by atoms with E-state index in [2.05, 4.69) is 15.1 Å². The normalized spacial score (nSPS) is 11.6. The van der Waals surface area contributed by atoms with Crippen molar-refractivity contribution < 1.29 is 18.0 Å². The van der Waals surface area contributed by atoms with Gasteiger partial charge in [0.2, 0.25) is 5.82 Å². The first-order chi connectivity index (χ1) is 11.8. The van der Waals surface area contributed by atoms with Gasteiger partial charge in [-0.15, -0.1) is 23.7 Å². The van der Waals surface area contributed by atoms with E-state index in [1.807, 2.05) is 0 Å². The molecular weight excluding hydrogens is 411 g/mol. The average molecular weight is 424 g/mol. The molecule has 0 aliphatic heterocycles. The number of fused-ring (bicyclic) bond motifs is 1. The number of ketones is 1. The number of alkyl halides is 3. The highest BCUT2D eigenvalue weighted by Crippen LogP contribution is 2.32. The molecule has 3 rings (SSSR count). The van der Waals surface area contributed by atoms with Crippen LogP contribution in [0.15, 0.2) is 23.4 Å². The van der Waals surface area contributed by atoms with Crippen LogP contribution >= 0.6 is 35.5 Å². The van der Waals surface area contributed by atoms with Crippen LogP contribution in [0.1, 0.15) is 20.4 Å². The standard InChI is InChI=1S/C14H12F3N5OS2.ClH/c1-22-5-8-11(21-22)19-13(14(15,16)17)20-12(8)24-6-9(23)10-3-2-7(4-18)25-10;/h2-3,5H,4,6,18H2,1H3;1H. The number of nitrogens with two attached hydrogens (primary N) is 1. The van der Waals surface area contributed by atoms with E-state index in [0.29, 0.717) is 16.8 Å². The van der Waals surface area contributed by atoms with Crippen molar-refractivity contribution in [2.75, 3.05) is 5.75 Å². The van der Waals surface area contributed by atoms with Crippen molar-refractivity contribution in [3.05, 3.63) is 33.9 Å². The highest BCUT2D eigenvalue weighted by Gasteiger charge is 2.36. The molecule has 0 amide bonds. The van der Waals surface area contributed by atoms with E-state index in [1.165, 1.54) is 22.2 Å². The highest BCUT2D eigenvalue weighted by molar-refractivity contribution is 8.00. The fourth-order valence-electron chi connectivity index (χ4n) is 2.07. The van der Waals surface area contributed by atoms with Crippen molar-refractivity contribution in [2.45, 2.75) is 17.7 Å². The average Bonchev–Trinajstić information content (AvgIpc) is 3.16. The second kappa shape index (κ2) is 7.91. The van der Waals surface area contributed by atoms with Crippen molar-refractivity contribution in [3.63, 3.8) is 0 Å². The molecule has 0 radical (unpaired) electrons. The van der Waals surface area contributed by atoms with E-state index in [9.17, 15) is 18.0 Å². The molecule has 0 unspecified atom stereocenters. The van der Waals surface area contributed by atoms with E-state index in [-0.39, 0.29) is 34.6 Å². The molecule has 3 heterocycles. The molecule has 3 aromatic heterocycles. The predicted octanol–water partition coefficient (Wildman–Crippen LogP) is 3.30. The first-order valence-electron chi connectivity index (χ1n) is 7.01. The summed E-state index contributed by atoms with van der Waals surface area (Å²) < 4.78 is 40.2. The molecule has 0 aliphatic rings. The van der Waals surface area contributed by atoms with Crippen LogP contribution in [0.5, 0.6) is 0 Å². The van der Waals surface area contributed by atoms with E-state index in [1.54, 1.807) is 19.2 Å². The summed E-state index contributed by atoms with van der Waals surface area (Å²) in [6.45, 7) is 0.336. The first-order valence-corrected chi connectivity index (χ1v) is 8.81. The van der Waals surface area contributed by atoms with Crippen LogP contribution in [0.25, 0.3) is 11.0 Å². The fourth-order valence-corrected chi connectivity index (χ4v) is 3.86. The number of rotatable bonds is 5. The van der Waals surface area contributed by atoms with Crippen molar-refractivity contribution in [3.8, 4) is 0 Å². The van der Waals surface area contributed by atoms with Crippen LogP contribution in [-0.4, -0.2) is 31.3 Å². The van der Waals surface area contributed by atoms with Gasteiger partial charge in [-0.05, 0) is 12.1 Å². The Kier molecular flexibility index (Phi) is 6.27. The Morgan fingerprint density at radius 3 is 2.69 bits per heavy atom. The minimum atomic E-state index is -4.69. The summed E-state index contributed by atoms with van der Waals surface area (Å²) in [4.78, 5) is 20.6. The zero-order chi connectivity index (χ0) is 18.2. The van der Waals surface area contributed by atoms with Crippen LogP contribution in [0.3, 0.4) is 0 Å². The lowest BCUT2D eigenvalue weighted by Crippen LogP contribution is -2.12. The minimum absolute atomic E-state index is 0. The van der Waals surface area contributed by atoms with Crippen LogP contribution in [0, 0.1) is 0 Å². The molecule has 0 aromatic carbocycles. The fraction of sp³-hybridized carbons (Fsp3) is 0.286. The van der Waals surface area contributed by atoms with E-state index in [4.69, 9.17) is 5.73 Å². The Labute approximate surface area is 160 Å². The molecule has 0 saturated carbocycles. The molecule has 26 heavy (non-hydrogen) atoms. The van der Waals surface area contributed by atoms with Gasteiger partial charge in [-0.1, -0.05) is 11.8 Å². The second-order valence-corrected chi connectivity index (χ2v) is 7.20. The van der Waals surface area contributed by atoms with Gasteiger partial charge in [0.25, 0.3) is 0 Å². The largest absolute Gasteiger partial charge is 0.451 e. The number of Topliss-reactive ketones (excluding diaryl/α,β-unsaturated/α-hetero) is 1. The number of hydrogen-bond acceptors (Lipinski definition) is 7. The minimum Gasteiger partial charge on any atom is -0.326 e. The number of carbonyl (C=O) groups excluding carboxylic acids is 1.